The van der Waals surface area contributed by atoms with Crippen molar-refractivity contribution >= 4 is 122 Å². The summed E-state index contributed by atoms with van der Waals surface area (Å²) in [5.74, 6) is 1.09. The van der Waals surface area contributed by atoms with Gasteiger partial charge in [0.1, 0.15) is 0 Å². The summed E-state index contributed by atoms with van der Waals surface area (Å²) >= 11 is 1.94. The molecule has 0 radical (unpaired) electrons. The lowest BCUT2D eigenvalue weighted by atomic mass is 9.34. The van der Waals surface area contributed by atoms with Gasteiger partial charge in [0, 0.05) is 75.6 Å². The monoisotopic (exact) mass is 1060 g/mol. The number of fused-ring (bicyclic) bond motifs is 16. The van der Waals surface area contributed by atoms with Crippen LogP contribution in [0.1, 0.15) is 76.0 Å². The molecule has 0 fully saturated rings. The predicted molar refractivity (Wildman–Crippen MR) is 348 cm³/mol. The highest BCUT2D eigenvalue weighted by atomic mass is 32.2. The van der Waals surface area contributed by atoms with E-state index in [1.165, 1.54) is 153 Å². The van der Waals surface area contributed by atoms with E-state index in [0.29, 0.717) is 17.8 Å². The van der Waals surface area contributed by atoms with Gasteiger partial charge in [-0.3, -0.25) is 0 Å². The molecule has 4 aromatic heterocycles. The first-order chi connectivity index (χ1) is 39.7. The number of rotatable bonds is 8. The Morgan fingerprint density at radius 1 is 0.296 bits per heavy atom. The molecule has 0 atom stereocenters. The third-order valence-electron chi connectivity index (χ3n) is 17.8. The molecule has 6 heteroatoms. The van der Waals surface area contributed by atoms with Crippen LogP contribution in [-0.4, -0.2) is 25.0 Å². The summed E-state index contributed by atoms with van der Waals surface area (Å²) in [6, 6.07) is 86.9. The molecule has 388 valence electrons. The van der Waals surface area contributed by atoms with Gasteiger partial charge in [-0.2, -0.15) is 0 Å². The fourth-order valence-electron chi connectivity index (χ4n) is 14.2. The highest BCUT2D eigenvalue weighted by Gasteiger charge is 2.37. The van der Waals surface area contributed by atoms with Crippen molar-refractivity contribution in [2.75, 3.05) is 0 Å². The number of benzene rings is 11. The smallest absolute Gasteiger partial charge is 0.244 e. The second-order valence-electron chi connectivity index (χ2n) is 23.3. The summed E-state index contributed by atoms with van der Waals surface area (Å²) < 4.78 is 9.94. The maximum absolute atomic E-state index is 2.54. The van der Waals surface area contributed by atoms with Crippen molar-refractivity contribution in [1.82, 2.24) is 18.3 Å². The minimum Gasteiger partial charge on any atom is -0.309 e. The zero-order valence-electron chi connectivity index (χ0n) is 46.4. The first kappa shape index (κ1) is 48.0. The van der Waals surface area contributed by atoms with Crippen LogP contribution in [0.15, 0.2) is 240 Å². The highest BCUT2D eigenvalue weighted by Crippen LogP contribution is 2.46. The van der Waals surface area contributed by atoms with E-state index in [-0.39, 0.29) is 6.71 Å². The zero-order valence-corrected chi connectivity index (χ0v) is 47.3. The predicted octanol–water partition coefficient (Wildman–Crippen LogP) is 18.4. The van der Waals surface area contributed by atoms with Crippen molar-refractivity contribution in [3.05, 3.63) is 247 Å². The molecule has 15 aromatic rings. The van der Waals surface area contributed by atoms with Crippen molar-refractivity contribution in [2.24, 2.45) is 0 Å². The molecule has 1 aliphatic rings. The Labute approximate surface area is 476 Å². The van der Waals surface area contributed by atoms with Crippen LogP contribution in [0.25, 0.3) is 110 Å². The summed E-state index contributed by atoms with van der Waals surface area (Å²) in [6.07, 6.45) is 0. The molecule has 1 aliphatic heterocycles. The van der Waals surface area contributed by atoms with Crippen LogP contribution in [0, 0.1) is 0 Å². The maximum Gasteiger partial charge on any atom is 0.244 e. The molecule has 0 saturated carbocycles. The number of hydrogen-bond donors (Lipinski definition) is 0. The lowest BCUT2D eigenvalue weighted by molar-refractivity contribution is 0.812. The average molecular weight is 1060 g/mol. The SMILES string of the molecule is CC(C)c1cc(C(C)C)c(B2c3ccc(-n4c5ccccc5c5c6c7ccccc7n(-c7ccccc7)c6ccc54)cc3Sc3cc(-n4c5ccccc5c5c6c7ccccc7n(-c7ccccc7)c6ccc54)ccc32)c(C(C)C)c1. The molecule has 0 N–H and O–H groups in total. The molecule has 11 aromatic carbocycles. The van der Waals surface area contributed by atoms with Gasteiger partial charge >= 0.3 is 0 Å². The molecule has 0 aliphatic carbocycles. The van der Waals surface area contributed by atoms with Gasteiger partial charge in [-0.05, 0) is 132 Å². The van der Waals surface area contributed by atoms with Crippen molar-refractivity contribution < 1.29 is 0 Å². The molecular weight excluding hydrogens is 1000 g/mol. The molecular formula is C75H59BN4S. The van der Waals surface area contributed by atoms with E-state index in [4.69, 9.17) is 0 Å². The fourth-order valence-corrected chi connectivity index (χ4v) is 15.4. The summed E-state index contributed by atoms with van der Waals surface area (Å²) in [5, 5.41) is 10.2. The average Bonchev–Trinajstić information content (AvgIpc) is 4.41. The van der Waals surface area contributed by atoms with Crippen molar-refractivity contribution in [3.8, 4) is 22.7 Å². The van der Waals surface area contributed by atoms with E-state index < -0.39 is 0 Å². The first-order valence-electron chi connectivity index (χ1n) is 28.9. The number of aromatic nitrogens is 4. The van der Waals surface area contributed by atoms with E-state index >= 15 is 0 Å². The van der Waals surface area contributed by atoms with E-state index in [0.717, 1.165) is 0 Å². The van der Waals surface area contributed by atoms with Gasteiger partial charge in [0.2, 0.25) is 6.71 Å². The Bertz CT molecular complexity index is 4760. The Morgan fingerprint density at radius 2 is 0.617 bits per heavy atom. The summed E-state index contributed by atoms with van der Waals surface area (Å²) in [5.41, 5.74) is 22.9. The second-order valence-corrected chi connectivity index (χ2v) is 24.4. The van der Waals surface area contributed by atoms with Crippen LogP contribution in [0.5, 0.6) is 0 Å². The molecule has 5 heterocycles. The third-order valence-corrected chi connectivity index (χ3v) is 18.9. The van der Waals surface area contributed by atoms with Crippen molar-refractivity contribution in [3.63, 3.8) is 0 Å². The van der Waals surface area contributed by atoms with Gasteiger partial charge in [0.25, 0.3) is 0 Å². The van der Waals surface area contributed by atoms with Crippen LogP contribution in [-0.2, 0) is 0 Å². The zero-order chi connectivity index (χ0) is 54.4. The maximum atomic E-state index is 2.54. The number of nitrogens with zero attached hydrogens (tertiary/aromatic N) is 4. The van der Waals surface area contributed by atoms with Crippen LogP contribution in [0.2, 0.25) is 0 Å². The van der Waals surface area contributed by atoms with E-state index in [1.807, 2.05) is 11.8 Å². The topological polar surface area (TPSA) is 19.7 Å². The van der Waals surface area contributed by atoms with E-state index in [9.17, 15) is 0 Å². The molecule has 0 bridgehead atoms. The van der Waals surface area contributed by atoms with Crippen LogP contribution < -0.4 is 16.4 Å². The van der Waals surface area contributed by atoms with Gasteiger partial charge in [-0.25, -0.2) is 0 Å². The molecule has 81 heavy (non-hydrogen) atoms. The normalized spacial score (nSPS) is 12.8. The van der Waals surface area contributed by atoms with Gasteiger partial charge < -0.3 is 18.3 Å². The summed E-state index contributed by atoms with van der Waals surface area (Å²) in [6.45, 7) is 14.3. The lowest BCUT2D eigenvalue weighted by Crippen LogP contribution is -2.57. The van der Waals surface area contributed by atoms with Gasteiger partial charge in [0.05, 0.1) is 44.1 Å². The quantitative estimate of drug-likeness (QED) is 0.139. The minimum absolute atomic E-state index is 0.0270. The molecule has 16 rings (SSSR count). The Hall–Kier alpha value is -8.97. The largest absolute Gasteiger partial charge is 0.309 e. The summed E-state index contributed by atoms with van der Waals surface area (Å²) in [7, 11) is 0. The van der Waals surface area contributed by atoms with Crippen molar-refractivity contribution in [2.45, 2.75) is 69.1 Å². The third kappa shape index (κ3) is 7.06. The standard InChI is InChI=1S/C75H59BN4S/c1-45(2)48-41-57(46(3)4)75(58(42-48)47(5)6)76-59-35-33-51(79-63-31-19-15-27-55(63)73-67(79)39-37-65-71(73)53-25-13-17-29-61(53)77(65)49-21-9-7-10-22-49)43-69(59)81-70-44-52(34-36-60(70)76)80-64-32-20-16-28-56(64)74-68(80)40-38-66-72(74)54-26-14-18-30-62(54)78(66)50-23-11-8-12-24-50/h7-47H,1-6H3. The Balaban J connectivity index is 0.939. The fraction of sp³-hybridized carbons (Fsp3) is 0.120. The Morgan fingerprint density at radius 3 is 0.951 bits per heavy atom. The molecule has 4 nitrogen and oxygen atoms in total. The number of hydrogen-bond acceptors (Lipinski definition) is 1. The highest BCUT2D eigenvalue weighted by molar-refractivity contribution is 8.00. The van der Waals surface area contributed by atoms with Gasteiger partial charge in [0.15, 0.2) is 0 Å². The van der Waals surface area contributed by atoms with E-state index in [2.05, 4.69) is 290 Å². The molecule has 0 spiro atoms. The van der Waals surface area contributed by atoms with Gasteiger partial charge in [-0.15, -0.1) is 0 Å². The first-order valence-corrected chi connectivity index (χ1v) is 29.7. The number of para-hydroxylation sites is 6. The molecule has 0 unspecified atom stereocenters. The van der Waals surface area contributed by atoms with Crippen LogP contribution in [0.4, 0.5) is 0 Å². The lowest BCUT2D eigenvalue weighted by Gasteiger charge is -2.32. The summed E-state index contributed by atoms with van der Waals surface area (Å²) in [4.78, 5) is 2.59. The van der Waals surface area contributed by atoms with Gasteiger partial charge in [-0.1, -0.05) is 203 Å². The van der Waals surface area contributed by atoms with Crippen LogP contribution in [0.3, 0.4) is 0 Å². The Kier molecular flexibility index (Phi) is 10.8. The van der Waals surface area contributed by atoms with Crippen molar-refractivity contribution in [1.29, 1.82) is 0 Å². The van der Waals surface area contributed by atoms with Crippen LogP contribution >= 0.6 is 11.8 Å². The van der Waals surface area contributed by atoms with E-state index in [1.54, 1.807) is 0 Å². The molecule has 0 saturated heterocycles. The second kappa shape index (κ2) is 18.3. The molecule has 0 amide bonds. The minimum atomic E-state index is 0.0270.